The molecule has 0 radical (unpaired) electrons. The summed E-state index contributed by atoms with van der Waals surface area (Å²) in [6, 6.07) is 0. The summed E-state index contributed by atoms with van der Waals surface area (Å²) >= 11 is 0. The maximum absolute atomic E-state index is 10.1. The van der Waals surface area contributed by atoms with E-state index in [1.54, 1.807) is 25.3 Å². The lowest BCUT2D eigenvalue weighted by Gasteiger charge is -1.96. The van der Waals surface area contributed by atoms with Gasteiger partial charge in [-0.25, -0.2) is 0 Å². The third-order valence-electron chi connectivity index (χ3n) is 1.13. The number of allylic oxidation sites excluding steroid dienone is 4. The summed E-state index contributed by atoms with van der Waals surface area (Å²) in [6.45, 7) is 5.33. The number of hydrogen-bond acceptors (Lipinski definition) is 2. The highest BCUT2D eigenvalue weighted by atomic mass is 16.5. The van der Waals surface area contributed by atoms with E-state index in [1.165, 1.54) is 0 Å². The lowest BCUT2D eigenvalue weighted by molar-refractivity contribution is -0.104. The Labute approximate surface area is 66.9 Å². The minimum Gasteiger partial charge on any atom is -0.497 e. The Bertz CT molecular complexity index is 200. The van der Waals surface area contributed by atoms with Gasteiger partial charge in [0.05, 0.1) is 7.11 Å². The molecule has 2 heteroatoms. The van der Waals surface area contributed by atoms with E-state index in [9.17, 15) is 4.79 Å². The smallest absolute Gasteiger partial charge is 0.149 e. The Morgan fingerprint density at radius 3 is 2.45 bits per heavy atom. The second-order valence-corrected chi connectivity index (χ2v) is 1.92. The molecule has 0 rings (SSSR count). The van der Waals surface area contributed by atoms with E-state index in [-0.39, 0.29) is 0 Å². The first-order valence-electron chi connectivity index (χ1n) is 3.27. The van der Waals surface area contributed by atoms with Crippen molar-refractivity contribution >= 4 is 6.29 Å². The monoisotopic (exact) mass is 152 g/mol. The molecule has 0 amide bonds. The van der Waals surface area contributed by atoms with Crippen LogP contribution in [-0.2, 0) is 9.53 Å². The molecule has 0 bridgehead atoms. The van der Waals surface area contributed by atoms with Gasteiger partial charge in [-0.2, -0.15) is 0 Å². The zero-order chi connectivity index (χ0) is 8.69. The average molecular weight is 152 g/mol. The molecule has 0 N–H and O–H groups in total. The standard InChI is InChI=1S/C9H12O2/c1-4-9(11-3)6-5-8(2)7-10/h4-7H,2H2,1,3H3. The number of rotatable bonds is 4. The first-order valence-corrected chi connectivity index (χ1v) is 3.27. The van der Waals surface area contributed by atoms with Gasteiger partial charge in [-0.05, 0) is 25.2 Å². The normalized spacial score (nSPS) is 11.6. The van der Waals surface area contributed by atoms with E-state index in [2.05, 4.69) is 6.58 Å². The molecule has 0 aromatic heterocycles. The van der Waals surface area contributed by atoms with E-state index in [0.717, 1.165) is 0 Å². The van der Waals surface area contributed by atoms with Crippen molar-refractivity contribution in [3.63, 3.8) is 0 Å². The molecule has 0 atom stereocenters. The molecular weight excluding hydrogens is 140 g/mol. The molecule has 0 fully saturated rings. The Kier molecular flexibility index (Phi) is 4.82. The van der Waals surface area contributed by atoms with Gasteiger partial charge in [-0.15, -0.1) is 0 Å². The van der Waals surface area contributed by atoms with E-state index < -0.39 is 0 Å². The van der Waals surface area contributed by atoms with E-state index >= 15 is 0 Å². The molecule has 0 aliphatic carbocycles. The fourth-order valence-corrected chi connectivity index (χ4v) is 0.511. The van der Waals surface area contributed by atoms with Crippen LogP contribution in [0.1, 0.15) is 6.92 Å². The van der Waals surface area contributed by atoms with E-state index in [0.29, 0.717) is 17.6 Å². The van der Waals surface area contributed by atoms with Crippen LogP contribution in [0.2, 0.25) is 0 Å². The summed E-state index contributed by atoms with van der Waals surface area (Å²) in [6.07, 6.45) is 5.79. The Morgan fingerprint density at radius 1 is 1.45 bits per heavy atom. The number of hydrogen-bond donors (Lipinski definition) is 0. The van der Waals surface area contributed by atoms with Gasteiger partial charge in [0.15, 0.2) is 0 Å². The third kappa shape index (κ3) is 4.14. The summed E-state index contributed by atoms with van der Waals surface area (Å²) in [5.74, 6) is 0.716. The minimum atomic E-state index is 0.432. The van der Waals surface area contributed by atoms with Crippen molar-refractivity contribution in [3.05, 3.63) is 36.1 Å². The number of aldehydes is 1. The molecule has 0 aromatic rings. The van der Waals surface area contributed by atoms with Gasteiger partial charge in [0.25, 0.3) is 0 Å². The van der Waals surface area contributed by atoms with Crippen LogP contribution in [0.4, 0.5) is 0 Å². The van der Waals surface area contributed by atoms with Crippen molar-refractivity contribution in [1.29, 1.82) is 0 Å². The summed E-state index contributed by atoms with van der Waals surface area (Å²) in [4.78, 5) is 10.1. The summed E-state index contributed by atoms with van der Waals surface area (Å²) < 4.78 is 4.91. The summed E-state index contributed by atoms with van der Waals surface area (Å²) in [7, 11) is 1.57. The van der Waals surface area contributed by atoms with Gasteiger partial charge in [-0.1, -0.05) is 6.58 Å². The number of carbonyl (C=O) groups excluding carboxylic acids is 1. The van der Waals surface area contributed by atoms with Crippen LogP contribution in [0.5, 0.6) is 0 Å². The highest BCUT2D eigenvalue weighted by molar-refractivity contribution is 5.76. The number of methoxy groups -OCH3 is 1. The maximum atomic E-state index is 10.1. The van der Waals surface area contributed by atoms with Gasteiger partial charge in [0.2, 0.25) is 0 Å². The van der Waals surface area contributed by atoms with Crippen LogP contribution in [-0.4, -0.2) is 13.4 Å². The average Bonchev–Trinajstić information content (AvgIpc) is 2.06. The summed E-state index contributed by atoms with van der Waals surface area (Å²) in [5, 5.41) is 0. The molecule has 60 valence electrons. The zero-order valence-electron chi connectivity index (χ0n) is 6.83. The van der Waals surface area contributed by atoms with Gasteiger partial charge < -0.3 is 4.74 Å². The Balaban J connectivity index is 4.10. The molecule has 0 saturated carbocycles. The Hall–Kier alpha value is -1.31. The summed E-state index contributed by atoms with van der Waals surface area (Å²) in [5.41, 5.74) is 0.432. The topological polar surface area (TPSA) is 26.3 Å². The quantitative estimate of drug-likeness (QED) is 0.266. The second kappa shape index (κ2) is 5.47. The van der Waals surface area contributed by atoms with Crippen LogP contribution in [0.3, 0.4) is 0 Å². The van der Waals surface area contributed by atoms with Crippen LogP contribution < -0.4 is 0 Å². The SMILES string of the molecule is C=C(C=O)C=CC(=CC)OC. The fourth-order valence-electron chi connectivity index (χ4n) is 0.511. The first kappa shape index (κ1) is 9.69. The molecule has 0 aliphatic heterocycles. The lowest BCUT2D eigenvalue weighted by atomic mass is 10.3. The largest absolute Gasteiger partial charge is 0.497 e. The highest BCUT2D eigenvalue weighted by Gasteiger charge is 1.86. The minimum absolute atomic E-state index is 0.432. The Morgan fingerprint density at radius 2 is 2.09 bits per heavy atom. The molecule has 11 heavy (non-hydrogen) atoms. The molecule has 0 saturated heterocycles. The van der Waals surface area contributed by atoms with E-state index in [1.807, 2.05) is 6.92 Å². The number of carbonyl (C=O) groups is 1. The van der Waals surface area contributed by atoms with Gasteiger partial charge >= 0.3 is 0 Å². The van der Waals surface area contributed by atoms with Crippen molar-refractivity contribution in [1.82, 2.24) is 0 Å². The van der Waals surface area contributed by atoms with E-state index in [4.69, 9.17) is 4.74 Å². The third-order valence-corrected chi connectivity index (χ3v) is 1.13. The molecule has 2 nitrogen and oxygen atoms in total. The van der Waals surface area contributed by atoms with Crippen LogP contribution in [0.25, 0.3) is 0 Å². The fraction of sp³-hybridized carbons (Fsp3) is 0.222. The zero-order valence-corrected chi connectivity index (χ0v) is 6.83. The number of ether oxygens (including phenoxy) is 1. The van der Waals surface area contributed by atoms with Crippen molar-refractivity contribution in [2.45, 2.75) is 6.92 Å². The predicted molar refractivity (Wildman–Crippen MR) is 45.1 cm³/mol. The van der Waals surface area contributed by atoms with Crippen molar-refractivity contribution < 1.29 is 9.53 Å². The van der Waals surface area contributed by atoms with Crippen molar-refractivity contribution in [2.24, 2.45) is 0 Å². The van der Waals surface area contributed by atoms with Crippen LogP contribution in [0, 0.1) is 0 Å². The molecule has 0 heterocycles. The lowest BCUT2D eigenvalue weighted by Crippen LogP contribution is -1.81. The van der Waals surface area contributed by atoms with Crippen LogP contribution in [0.15, 0.2) is 36.1 Å². The predicted octanol–water partition coefficient (Wildman–Crippen LogP) is 1.85. The molecule has 0 unspecified atom stereocenters. The molecule has 0 aliphatic rings. The van der Waals surface area contributed by atoms with Crippen molar-refractivity contribution in [2.75, 3.05) is 7.11 Å². The van der Waals surface area contributed by atoms with Gasteiger partial charge in [0.1, 0.15) is 12.0 Å². The van der Waals surface area contributed by atoms with Gasteiger partial charge in [0, 0.05) is 5.57 Å². The van der Waals surface area contributed by atoms with Crippen LogP contribution >= 0.6 is 0 Å². The van der Waals surface area contributed by atoms with Crippen molar-refractivity contribution in [3.8, 4) is 0 Å². The maximum Gasteiger partial charge on any atom is 0.149 e. The molecule has 0 aromatic carbocycles. The molecule has 0 spiro atoms. The highest BCUT2D eigenvalue weighted by Crippen LogP contribution is 1.98. The van der Waals surface area contributed by atoms with Gasteiger partial charge in [-0.3, -0.25) is 4.79 Å². The molecular formula is C9H12O2. The first-order chi connectivity index (χ1) is 5.24. The second-order valence-electron chi connectivity index (χ2n) is 1.92.